The second-order valence-electron chi connectivity index (χ2n) is 11.7. The Morgan fingerprint density at radius 2 is 0.826 bits per heavy atom. The molecule has 0 unspecified atom stereocenters. The van der Waals surface area contributed by atoms with Gasteiger partial charge < -0.3 is 7.10 Å². The number of benzene rings is 5. The first-order valence-electron chi connectivity index (χ1n) is 15.0. The molecule has 0 aliphatic carbocycles. The maximum Gasteiger partial charge on any atom is 0.722 e. The molecule has 0 N–H and O–H groups in total. The molecule has 46 heavy (non-hydrogen) atoms. The number of fused-ring (bicyclic) bond motifs is 15. The molecule has 10 heteroatoms. The van der Waals surface area contributed by atoms with Gasteiger partial charge in [-0.1, -0.05) is 97.1 Å². The summed E-state index contributed by atoms with van der Waals surface area (Å²) in [5.41, 5.74) is 5.17. The summed E-state index contributed by atoms with van der Waals surface area (Å²) < 4.78 is 4.23. The molecule has 0 atom stereocenters. The van der Waals surface area contributed by atoms with Crippen LogP contribution in [0.5, 0.6) is 0 Å². The van der Waals surface area contributed by atoms with Gasteiger partial charge in [0.25, 0.3) is 0 Å². The van der Waals surface area contributed by atoms with Crippen LogP contribution >= 0.6 is 10.0 Å². The van der Waals surface area contributed by atoms with E-state index >= 15 is 0 Å². The number of halogens is 1. The van der Waals surface area contributed by atoms with Gasteiger partial charge in [-0.15, -0.1) is 0 Å². The van der Waals surface area contributed by atoms with Crippen molar-refractivity contribution in [3.05, 3.63) is 142 Å². The number of hydrogen-bond acceptors (Lipinski definition) is 6. The van der Waals surface area contributed by atoms with E-state index in [-0.39, 0.29) is 0 Å². The molecule has 0 fully saturated rings. The highest BCUT2D eigenvalue weighted by Crippen LogP contribution is 2.41. The minimum absolute atomic E-state index is 0.605. The zero-order valence-electron chi connectivity index (χ0n) is 23.9. The van der Waals surface area contributed by atoms with Crippen LogP contribution in [0.3, 0.4) is 0 Å². The molecule has 0 amide bonds. The van der Waals surface area contributed by atoms with Crippen LogP contribution in [0.2, 0.25) is 0 Å². The van der Waals surface area contributed by atoms with Crippen molar-refractivity contribution in [1.82, 2.24) is 7.10 Å². The van der Waals surface area contributed by atoms with Gasteiger partial charge in [0.05, 0.1) is 0 Å². The van der Waals surface area contributed by atoms with Crippen LogP contribution in [0.4, 0.5) is 11.6 Å². The van der Waals surface area contributed by atoms with E-state index in [0.29, 0.717) is 34.6 Å². The van der Waals surface area contributed by atoms with Crippen LogP contribution in [0.15, 0.2) is 139 Å². The molecular formula is C36H18AlClN8. The summed E-state index contributed by atoms with van der Waals surface area (Å²) in [6.45, 7) is 0. The number of aromatic nitrogens is 2. The maximum absolute atomic E-state index is 7.84. The van der Waals surface area contributed by atoms with Crippen molar-refractivity contribution in [3.63, 3.8) is 0 Å². The van der Waals surface area contributed by atoms with Crippen molar-refractivity contribution in [2.75, 3.05) is 0 Å². The van der Waals surface area contributed by atoms with Crippen LogP contribution < -0.4 is 11.0 Å². The molecule has 2 aromatic heterocycles. The number of hydrogen-bond donors (Lipinski definition) is 0. The largest absolute Gasteiger partial charge is 0.722 e. The summed E-state index contributed by atoms with van der Waals surface area (Å²) in [5.74, 6) is 3.86. The van der Waals surface area contributed by atoms with Crippen molar-refractivity contribution in [2.24, 2.45) is 30.0 Å². The summed E-state index contributed by atoms with van der Waals surface area (Å²) in [4.78, 5) is 31.3. The highest BCUT2D eigenvalue weighted by molar-refractivity contribution is 7.05. The van der Waals surface area contributed by atoms with Crippen molar-refractivity contribution >= 4 is 91.0 Å². The Kier molecular flexibility index (Phi) is 4.77. The predicted octanol–water partition coefficient (Wildman–Crippen LogP) is 6.31. The average Bonchev–Trinajstić information content (AvgIpc) is 3.80. The maximum atomic E-state index is 7.84. The zero-order chi connectivity index (χ0) is 30.1. The standard InChI is InChI=1S/C36H18N8.Al.ClH/c1-2-10-20-18-28-27(17-19(20)9-1)35-42-33-25-15-7-5-13-23(25)31(40-33)38-29-21-11-3-4-12-22(21)30(37-29)39-32-24-14-6-8-16-26(24)34(41-32)43-36(28)44-35;;/h1-18H;;1H/q-2;+3;/p-1. The Bertz CT molecular complexity index is 2840. The molecule has 5 aromatic carbocycles. The van der Waals surface area contributed by atoms with Gasteiger partial charge >= 0.3 is 13.7 Å². The minimum atomic E-state index is -2.76. The molecule has 0 saturated carbocycles. The minimum Gasteiger partial charge on any atom is -0.370 e. The third-order valence-corrected chi connectivity index (χ3v) is 12.2. The van der Waals surface area contributed by atoms with Gasteiger partial charge in [-0.25, -0.2) is 30.0 Å². The van der Waals surface area contributed by atoms with Crippen LogP contribution in [0.25, 0.3) is 32.3 Å². The van der Waals surface area contributed by atoms with Gasteiger partial charge in [-0.05, 0) is 22.9 Å². The smallest absolute Gasteiger partial charge is 0.370 e. The molecule has 6 bridgehead atoms. The molecule has 212 valence electrons. The SMILES string of the molecule is [Cl][Al]1[n]2c3c4ccccc4c2N=C2N=C(N=c4c5ccccc5c([n]41)=NC1=NC(=N3)c3ccccc31)c1cc3ccccc3cc12. The molecule has 4 aliphatic rings. The molecular weight excluding hydrogens is 607 g/mol. The van der Waals surface area contributed by atoms with Crippen LogP contribution in [-0.4, -0.2) is 44.1 Å². The summed E-state index contributed by atoms with van der Waals surface area (Å²) in [7, 11) is 7.84. The van der Waals surface area contributed by atoms with E-state index in [1.54, 1.807) is 0 Å². The van der Waals surface area contributed by atoms with Gasteiger partial charge in [0.2, 0.25) is 0 Å². The van der Waals surface area contributed by atoms with Crippen LogP contribution in [0.1, 0.15) is 22.3 Å². The highest BCUT2D eigenvalue weighted by Gasteiger charge is 2.38. The van der Waals surface area contributed by atoms with E-state index in [9.17, 15) is 0 Å². The van der Waals surface area contributed by atoms with E-state index in [1.807, 2.05) is 48.5 Å². The molecule has 0 saturated heterocycles. The number of nitrogens with zero attached hydrogens (tertiary/aromatic N) is 8. The lowest BCUT2D eigenvalue weighted by atomic mass is 10.0. The summed E-state index contributed by atoms with van der Waals surface area (Å²) in [6, 6.07) is 37.2. The fourth-order valence-corrected chi connectivity index (χ4v) is 10.0. The summed E-state index contributed by atoms with van der Waals surface area (Å²) in [6.07, 6.45) is 0. The van der Waals surface area contributed by atoms with E-state index in [2.05, 4.69) is 67.8 Å². The lowest BCUT2D eigenvalue weighted by molar-refractivity contribution is 0.983. The molecule has 8 nitrogen and oxygen atoms in total. The monoisotopic (exact) mass is 624 g/mol. The van der Waals surface area contributed by atoms with E-state index in [1.165, 1.54) is 0 Å². The Morgan fingerprint density at radius 1 is 0.413 bits per heavy atom. The number of rotatable bonds is 0. The van der Waals surface area contributed by atoms with Gasteiger partial charge in [0.1, 0.15) is 22.6 Å². The molecule has 4 aliphatic heterocycles. The second-order valence-corrected chi connectivity index (χ2v) is 14.5. The lowest BCUT2D eigenvalue weighted by Crippen LogP contribution is -2.43. The first-order chi connectivity index (χ1) is 22.7. The quantitative estimate of drug-likeness (QED) is 0.177. The zero-order valence-corrected chi connectivity index (χ0v) is 25.8. The van der Waals surface area contributed by atoms with E-state index in [0.717, 1.165) is 65.9 Å². The third-order valence-electron chi connectivity index (χ3n) is 9.20. The van der Waals surface area contributed by atoms with Crippen molar-refractivity contribution in [1.29, 1.82) is 0 Å². The normalized spacial score (nSPS) is 15.5. The van der Waals surface area contributed by atoms with Gasteiger partial charge in [0.15, 0.2) is 23.3 Å². The van der Waals surface area contributed by atoms with Crippen molar-refractivity contribution in [3.8, 4) is 0 Å². The van der Waals surface area contributed by atoms with Gasteiger partial charge in [-0.2, -0.15) is 10.0 Å². The molecule has 0 radical (unpaired) electrons. The highest BCUT2D eigenvalue weighted by atomic mass is 35.6. The van der Waals surface area contributed by atoms with Gasteiger partial charge in [0, 0.05) is 43.8 Å². The molecule has 7 aromatic rings. The Hall–Kier alpha value is -5.46. The topological polar surface area (TPSA) is 84.0 Å². The number of aliphatic imine (C=N–C) groups is 4. The fraction of sp³-hybridized carbons (Fsp3) is 0. The van der Waals surface area contributed by atoms with E-state index < -0.39 is 13.7 Å². The Labute approximate surface area is 269 Å². The van der Waals surface area contributed by atoms with Crippen molar-refractivity contribution < 1.29 is 0 Å². The van der Waals surface area contributed by atoms with Gasteiger partial charge in [-0.3, -0.25) is 0 Å². The van der Waals surface area contributed by atoms with Crippen molar-refractivity contribution in [2.45, 2.75) is 0 Å². The summed E-state index contributed by atoms with van der Waals surface area (Å²) in [5, 5.41) is 6.02. The fourth-order valence-electron chi connectivity index (χ4n) is 7.11. The first-order valence-corrected chi connectivity index (χ1v) is 17.8. The van der Waals surface area contributed by atoms with Crippen LogP contribution in [-0.2, 0) is 0 Å². The molecule has 6 heterocycles. The predicted molar refractivity (Wildman–Crippen MR) is 184 cm³/mol. The van der Waals surface area contributed by atoms with Crippen LogP contribution in [0, 0.1) is 0 Å². The Morgan fingerprint density at radius 3 is 1.37 bits per heavy atom. The lowest BCUT2D eigenvalue weighted by Gasteiger charge is -2.15. The van der Waals surface area contributed by atoms with E-state index in [4.69, 9.17) is 40.0 Å². The summed E-state index contributed by atoms with van der Waals surface area (Å²) >= 11 is -2.76. The Balaban J connectivity index is 1.40. The third kappa shape index (κ3) is 3.19. The second kappa shape index (κ2) is 8.83. The number of amidine groups is 4. The first kappa shape index (κ1) is 24.8. The molecule has 0 spiro atoms. The molecule has 11 rings (SSSR count). The average molecular weight is 625 g/mol.